The number of rotatable bonds is 3. The van der Waals surface area contributed by atoms with Gasteiger partial charge in [0.2, 0.25) is 17.4 Å². The Morgan fingerprint density at radius 1 is 1.15 bits per heavy atom. The molecule has 6 nitrogen and oxygen atoms in total. The summed E-state index contributed by atoms with van der Waals surface area (Å²) in [7, 11) is 2.81. The van der Waals surface area contributed by atoms with E-state index < -0.39 is 23.3 Å². The van der Waals surface area contributed by atoms with Crippen molar-refractivity contribution in [2.75, 3.05) is 14.2 Å². The van der Waals surface area contributed by atoms with Crippen LogP contribution in [0.2, 0.25) is 0 Å². The van der Waals surface area contributed by atoms with Crippen LogP contribution in [0.25, 0.3) is 0 Å². The third kappa shape index (κ3) is 2.10. The Balaban J connectivity index is 1.95. The molecule has 0 saturated carbocycles. The minimum atomic E-state index is -1.27. The second-order valence-electron chi connectivity index (χ2n) is 6.67. The van der Waals surface area contributed by atoms with Gasteiger partial charge in [-0.2, -0.15) is 0 Å². The Labute approximate surface area is 154 Å². The molecule has 0 bridgehead atoms. The third-order valence-electron chi connectivity index (χ3n) is 5.54. The van der Waals surface area contributed by atoms with Crippen molar-refractivity contribution in [1.29, 1.82) is 0 Å². The van der Waals surface area contributed by atoms with E-state index >= 15 is 0 Å². The number of carbonyl (C=O) groups excluding carboxylic acids is 3. The number of likely N-dealkylation sites (tertiary alicyclic amines) is 1. The van der Waals surface area contributed by atoms with Gasteiger partial charge < -0.3 is 10.1 Å². The van der Waals surface area contributed by atoms with Gasteiger partial charge in [-0.3, -0.25) is 14.5 Å². The van der Waals surface area contributed by atoms with Gasteiger partial charge in [0, 0.05) is 12.6 Å². The molecule has 2 fully saturated rings. The van der Waals surface area contributed by atoms with E-state index in [2.05, 4.69) is 0 Å². The lowest BCUT2D eigenvalue weighted by Gasteiger charge is -2.28. The summed E-state index contributed by atoms with van der Waals surface area (Å²) in [6.45, 7) is 0. The van der Waals surface area contributed by atoms with Crippen LogP contribution >= 0.6 is 11.3 Å². The van der Waals surface area contributed by atoms with E-state index in [1.54, 1.807) is 0 Å². The van der Waals surface area contributed by atoms with Gasteiger partial charge in [-0.15, -0.1) is 11.3 Å². The number of nitrogens with two attached hydrogens (primary N) is 1. The van der Waals surface area contributed by atoms with Crippen molar-refractivity contribution in [1.82, 2.24) is 4.90 Å². The molecule has 7 heteroatoms. The second kappa shape index (κ2) is 6.03. The molecular formula is C19H19N2O4S+. The van der Waals surface area contributed by atoms with E-state index in [0.29, 0.717) is 5.56 Å². The molecule has 2 N–H and O–H groups in total. The molecule has 2 aliphatic heterocycles. The first-order chi connectivity index (χ1) is 12.5. The fourth-order valence-corrected chi connectivity index (χ4v) is 5.22. The Hall–Kier alpha value is -2.51. The number of ether oxygens (including phenoxy) is 1. The van der Waals surface area contributed by atoms with Crippen molar-refractivity contribution in [3.05, 3.63) is 58.3 Å². The third-order valence-corrected chi connectivity index (χ3v) is 6.51. The van der Waals surface area contributed by atoms with Gasteiger partial charge >= 0.3 is 5.97 Å². The van der Waals surface area contributed by atoms with E-state index in [0.717, 1.165) is 9.78 Å². The molecule has 2 saturated heterocycles. The number of amides is 2. The van der Waals surface area contributed by atoms with Crippen LogP contribution in [0.15, 0.2) is 47.8 Å². The topological polar surface area (TPSA) is 80.3 Å². The smallest absolute Gasteiger partial charge is 0.373 e. The lowest BCUT2D eigenvalue weighted by molar-refractivity contribution is -0.741. The quantitative estimate of drug-likeness (QED) is 0.635. The zero-order chi connectivity index (χ0) is 18.5. The van der Waals surface area contributed by atoms with Crippen LogP contribution in [0.1, 0.15) is 16.5 Å². The minimum absolute atomic E-state index is 0.239. The number of benzene rings is 1. The lowest BCUT2D eigenvalue weighted by Crippen LogP contribution is -2.96. The molecule has 4 atom stereocenters. The largest absolute Gasteiger partial charge is 0.464 e. The van der Waals surface area contributed by atoms with Crippen molar-refractivity contribution in [2.24, 2.45) is 11.8 Å². The molecule has 0 spiro atoms. The van der Waals surface area contributed by atoms with Crippen LogP contribution in [0, 0.1) is 11.8 Å². The average molecular weight is 371 g/mol. The van der Waals surface area contributed by atoms with E-state index in [4.69, 9.17) is 4.74 Å². The van der Waals surface area contributed by atoms with E-state index in [-0.39, 0.29) is 17.9 Å². The van der Waals surface area contributed by atoms with Crippen LogP contribution in [0.5, 0.6) is 0 Å². The van der Waals surface area contributed by atoms with E-state index in [9.17, 15) is 14.4 Å². The Bertz CT molecular complexity index is 867. The predicted molar refractivity (Wildman–Crippen MR) is 93.9 cm³/mol. The van der Waals surface area contributed by atoms with Gasteiger partial charge in [-0.1, -0.05) is 36.4 Å². The van der Waals surface area contributed by atoms with Gasteiger partial charge in [0.1, 0.15) is 17.9 Å². The summed E-state index contributed by atoms with van der Waals surface area (Å²) in [5.41, 5.74) is -0.593. The van der Waals surface area contributed by atoms with Gasteiger partial charge in [0.25, 0.3) is 0 Å². The van der Waals surface area contributed by atoms with Gasteiger partial charge in [-0.05, 0) is 11.4 Å². The summed E-state index contributed by atoms with van der Waals surface area (Å²) in [5.74, 6) is -2.46. The highest BCUT2D eigenvalue weighted by Gasteiger charge is 2.73. The molecule has 4 rings (SSSR count). The Morgan fingerprint density at radius 2 is 1.88 bits per heavy atom. The molecule has 1 aromatic carbocycles. The van der Waals surface area contributed by atoms with E-state index in [1.165, 1.54) is 25.5 Å². The molecule has 2 amide bonds. The number of hydrogen-bond donors (Lipinski definition) is 1. The van der Waals surface area contributed by atoms with E-state index in [1.807, 2.05) is 53.2 Å². The Morgan fingerprint density at radius 3 is 2.50 bits per heavy atom. The second-order valence-corrected chi connectivity index (χ2v) is 7.65. The average Bonchev–Trinajstić information content (AvgIpc) is 3.36. The van der Waals surface area contributed by atoms with Crippen molar-refractivity contribution >= 4 is 29.1 Å². The highest BCUT2D eigenvalue weighted by atomic mass is 32.1. The number of methoxy groups -OCH3 is 1. The number of hydrogen-bond acceptors (Lipinski definition) is 5. The van der Waals surface area contributed by atoms with Crippen LogP contribution < -0.4 is 5.32 Å². The molecular weight excluding hydrogens is 352 g/mol. The maximum atomic E-state index is 13.0. The summed E-state index contributed by atoms with van der Waals surface area (Å²) in [6.07, 6.45) is 0. The van der Waals surface area contributed by atoms with Crippen LogP contribution in [-0.2, 0) is 24.7 Å². The highest BCUT2D eigenvalue weighted by Crippen LogP contribution is 2.48. The molecule has 0 unspecified atom stereocenters. The molecule has 0 aliphatic carbocycles. The molecule has 26 heavy (non-hydrogen) atoms. The first-order valence-corrected chi connectivity index (χ1v) is 9.25. The number of nitrogens with zero attached hydrogens (tertiary/aromatic N) is 1. The zero-order valence-corrected chi connectivity index (χ0v) is 15.2. The summed E-state index contributed by atoms with van der Waals surface area (Å²) >= 11 is 1.52. The van der Waals surface area contributed by atoms with Gasteiger partial charge in [-0.25, -0.2) is 4.79 Å². The Kier molecular flexibility index (Phi) is 3.93. The lowest BCUT2D eigenvalue weighted by atomic mass is 9.75. The van der Waals surface area contributed by atoms with Crippen molar-refractivity contribution in [3.8, 4) is 0 Å². The first kappa shape index (κ1) is 16.9. The first-order valence-electron chi connectivity index (χ1n) is 8.37. The number of fused-ring (bicyclic) bond motifs is 1. The number of carbonyl (C=O) groups is 3. The zero-order valence-electron chi connectivity index (χ0n) is 14.4. The monoisotopic (exact) mass is 371 g/mol. The molecule has 134 valence electrons. The van der Waals surface area contributed by atoms with Crippen LogP contribution in [0.4, 0.5) is 0 Å². The molecule has 2 aliphatic rings. The van der Waals surface area contributed by atoms with Gasteiger partial charge in [0.05, 0.1) is 12.0 Å². The van der Waals surface area contributed by atoms with Gasteiger partial charge in [0.15, 0.2) is 0 Å². The molecule has 2 aromatic rings. The number of thiophene rings is 1. The normalized spacial score (nSPS) is 30.5. The standard InChI is InChI=1S/C19H18N2O4S/c1-21-16(22)13-14(17(21)23)19(18(24)25-2,11-7-4-3-5-8-11)20-15(13)12-9-6-10-26-12/h3-10,13-15,20H,1-2H3/p+1/t13-,14+,15-,19+/m0/s1. The minimum Gasteiger partial charge on any atom is -0.464 e. The van der Waals surface area contributed by atoms with Crippen LogP contribution in [0.3, 0.4) is 0 Å². The summed E-state index contributed by atoms with van der Waals surface area (Å²) in [6, 6.07) is 12.7. The summed E-state index contributed by atoms with van der Waals surface area (Å²) < 4.78 is 5.14. The predicted octanol–water partition coefficient (Wildman–Crippen LogP) is 0.666. The van der Waals surface area contributed by atoms with Crippen molar-refractivity contribution in [3.63, 3.8) is 0 Å². The number of imide groups is 1. The summed E-state index contributed by atoms with van der Waals surface area (Å²) in [5, 5.41) is 3.79. The molecule has 0 radical (unpaired) electrons. The summed E-state index contributed by atoms with van der Waals surface area (Å²) in [4.78, 5) is 41.0. The number of esters is 1. The molecule has 1 aromatic heterocycles. The maximum Gasteiger partial charge on any atom is 0.373 e. The highest BCUT2D eigenvalue weighted by molar-refractivity contribution is 7.10. The molecule has 3 heterocycles. The van der Waals surface area contributed by atoms with Crippen LogP contribution in [-0.4, -0.2) is 36.8 Å². The number of quaternary nitrogens is 1. The van der Waals surface area contributed by atoms with Crippen molar-refractivity contribution < 1.29 is 24.4 Å². The maximum absolute atomic E-state index is 13.0. The fraction of sp³-hybridized carbons (Fsp3) is 0.316. The SMILES string of the molecule is COC(=O)[C@]1(c2ccccc2)[NH2+][C@@H](c2cccs2)[C@H]2C(=O)N(C)C(=O)[C@@H]21. The van der Waals surface area contributed by atoms with Crippen molar-refractivity contribution in [2.45, 2.75) is 11.6 Å². The fourth-order valence-electron chi connectivity index (χ4n) is 4.38.